The lowest BCUT2D eigenvalue weighted by Gasteiger charge is -2.56. The van der Waals surface area contributed by atoms with E-state index in [0.717, 1.165) is 25.7 Å². The number of rotatable bonds is 6. The number of para-hydroxylation sites is 1. The molecule has 7 nitrogen and oxygen atoms in total. The first-order chi connectivity index (χ1) is 16.3. The van der Waals surface area contributed by atoms with Crippen molar-refractivity contribution in [2.24, 2.45) is 29.1 Å². The topological polar surface area (TPSA) is 88.1 Å². The summed E-state index contributed by atoms with van der Waals surface area (Å²) >= 11 is 0. The maximum Gasteiger partial charge on any atom is 0.258 e. The molecule has 3 fully saturated rings. The number of hydrogen-bond donors (Lipinski definition) is 2. The van der Waals surface area contributed by atoms with Crippen LogP contribution in [0.3, 0.4) is 0 Å². The molecule has 0 aromatic heterocycles. The second-order valence-electron chi connectivity index (χ2n) is 10.8. The Hall–Kier alpha value is -2.12. The number of hydrogen-bond acceptors (Lipinski definition) is 5. The van der Waals surface area contributed by atoms with Crippen LogP contribution in [0.15, 0.2) is 30.3 Å². The summed E-state index contributed by atoms with van der Waals surface area (Å²) < 4.78 is 11.0. The van der Waals surface area contributed by atoms with Gasteiger partial charge in [0.2, 0.25) is 5.91 Å². The first-order valence-electron chi connectivity index (χ1n) is 12.8. The quantitative estimate of drug-likeness (QED) is 0.665. The number of nitrogens with one attached hydrogen (secondary N) is 1. The molecule has 0 bridgehead atoms. The van der Waals surface area contributed by atoms with E-state index in [2.05, 4.69) is 19.2 Å². The Balaban J connectivity index is 1.39. The van der Waals surface area contributed by atoms with Crippen molar-refractivity contribution in [3.05, 3.63) is 30.3 Å². The van der Waals surface area contributed by atoms with Gasteiger partial charge in [-0.25, -0.2) is 0 Å². The van der Waals surface area contributed by atoms with Crippen LogP contribution in [-0.2, 0) is 14.3 Å². The number of ether oxygens (including phenoxy) is 2. The van der Waals surface area contributed by atoms with E-state index >= 15 is 0 Å². The molecule has 188 valence electrons. The second kappa shape index (κ2) is 10.6. The summed E-state index contributed by atoms with van der Waals surface area (Å²) in [5, 5.41) is 14.8. The van der Waals surface area contributed by atoms with Crippen LogP contribution in [0, 0.1) is 29.1 Å². The van der Waals surface area contributed by atoms with Crippen molar-refractivity contribution in [1.29, 1.82) is 0 Å². The largest absolute Gasteiger partial charge is 0.484 e. The third kappa shape index (κ3) is 5.25. The van der Waals surface area contributed by atoms with Crippen LogP contribution in [0.5, 0.6) is 5.75 Å². The first-order valence-corrected chi connectivity index (χ1v) is 12.8. The van der Waals surface area contributed by atoms with Gasteiger partial charge in [-0.1, -0.05) is 39.0 Å². The molecular weight excluding hydrogens is 432 g/mol. The fourth-order valence-electron chi connectivity index (χ4n) is 6.67. The molecule has 0 unspecified atom stereocenters. The van der Waals surface area contributed by atoms with Gasteiger partial charge in [-0.2, -0.15) is 0 Å². The van der Waals surface area contributed by atoms with Gasteiger partial charge in [-0.05, 0) is 61.0 Å². The highest BCUT2D eigenvalue weighted by molar-refractivity contribution is 5.79. The van der Waals surface area contributed by atoms with E-state index in [-0.39, 0.29) is 53.5 Å². The number of carbonyl (C=O) groups excluding carboxylic acids is 2. The molecule has 7 atom stereocenters. The molecule has 1 saturated heterocycles. The number of benzene rings is 1. The Morgan fingerprint density at radius 3 is 2.59 bits per heavy atom. The zero-order valence-electron chi connectivity index (χ0n) is 20.7. The number of nitrogens with zero attached hydrogens (tertiary/aromatic N) is 1. The second-order valence-corrected chi connectivity index (χ2v) is 10.8. The smallest absolute Gasteiger partial charge is 0.258 e. The van der Waals surface area contributed by atoms with E-state index in [0.29, 0.717) is 32.1 Å². The van der Waals surface area contributed by atoms with E-state index in [1.165, 1.54) is 0 Å². The summed E-state index contributed by atoms with van der Waals surface area (Å²) in [5.41, 5.74) is 0.0266. The minimum Gasteiger partial charge on any atom is -0.484 e. The highest BCUT2D eigenvalue weighted by Gasteiger charge is 2.54. The van der Waals surface area contributed by atoms with Crippen LogP contribution < -0.4 is 10.1 Å². The highest BCUT2D eigenvalue weighted by Crippen LogP contribution is 2.55. The van der Waals surface area contributed by atoms with E-state index in [1.807, 2.05) is 42.2 Å². The molecule has 2 amide bonds. The summed E-state index contributed by atoms with van der Waals surface area (Å²) in [4.78, 5) is 27.7. The van der Waals surface area contributed by atoms with Gasteiger partial charge in [0.05, 0.1) is 19.3 Å². The van der Waals surface area contributed by atoms with Gasteiger partial charge < -0.3 is 24.8 Å². The number of carbonyl (C=O) groups is 2. The third-order valence-corrected chi connectivity index (χ3v) is 8.70. The van der Waals surface area contributed by atoms with Crippen molar-refractivity contribution in [2.75, 3.05) is 32.9 Å². The van der Waals surface area contributed by atoms with Crippen LogP contribution in [-0.4, -0.2) is 66.9 Å². The van der Waals surface area contributed by atoms with Gasteiger partial charge in [0.1, 0.15) is 5.75 Å². The van der Waals surface area contributed by atoms with Crippen LogP contribution in [0.25, 0.3) is 0 Å². The number of amides is 2. The normalized spacial score (nSPS) is 34.6. The van der Waals surface area contributed by atoms with Crippen molar-refractivity contribution in [3.8, 4) is 5.75 Å². The van der Waals surface area contributed by atoms with Gasteiger partial charge in [0, 0.05) is 25.0 Å². The van der Waals surface area contributed by atoms with E-state index in [4.69, 9.17) is 9.47 Å². The van der Waals surface area contributed by atoms with E-state index in [9.17, 15) is 14.7 Å². The van der Waals surface area contributed by atoms with Gasteiger partial charge in [0.25, 0.3) is 5.91 Å². The molecule has 7 heteroatoms. The predicted octanol–water partition coefficient (Wildman–Crippen LogP) is 2.87. The maximum atomic E-state index is 13.2. The number of fused-ring (bicyclic) bond motifs is 1. The van der Waals surface area contributed by atoms with Crippen LogP contribution in [0.1, 0.15) is 46.5 Å². The Bertz CT molecular complexity index is 843. The lowest BCUT2D eigenvalue weighted by Crippen LogP contribution is -2.59. The molecule has 2 aliphatic carbocycles. The van der Waals surface area contributed by atoms with Crippen molar-refractivity contribution in [2.45, 2.75) is 58.6 Å². The standard InChI is InChI=1S/C27H40N2O5/c1-18(26(32)29-13-15-33-16-14-29)21-9-11-27(3)12-10-22(19(2)24(27)25(21)31)28-23(30)17-34-20-7-5-4-6-8-20/h4-8,18-19,21-22,24-25,31H,9-17H2,1-3H3,(H,28,30)/t18-,19-,21-,22-,24+,25-,27+/m0/s1. The summed E-state index contributed by atoms with van der Waals surface area (Å²) in [5.74, 6) is 0.532. The lowest BCUT2D eigenvalue weighted by atomic mass is 9.51. The SMILES string of the molecule is C[C@@H]1[C@@H]2[C@@H](O)[C@H]([C@H](C)C(=O)N3CCOCC3)CC[C@]2(C)CC[C@@H]1NC(=O)COc1ccccc1. The van der Waals surface area contributed by atoms with Crippen molar-refractivity contribution >= 4 is 11.8 Å². The summed E-state index contributed by atoms with van der Waals surface area (Å²) in [7, 11) is 0. The summed E-state index contributed by atoms with van der Waals surface area (Å²) in [6.45, 7) is 8.79. The molecule has 2 saturated carbocycles. The van der Waals surface area contributed by atoms with Crippen molar-refractivity contribution in [1.82, 2.24) is 10.2 Å². The Labute approximate surface area is 203 Å². The fraction of sp³-hybridized carbons (Fsp3) is 0.704. The molecule has 1 aliphatic heterocycles. The highest BCUT2D eigenvalue weighted by atomic mass is 16.5. The number of morpholine rings is 1. The van der Waals surface area contributed by atoms with Crippen LogP contribution in [0.4, 0.5) is 0 Å². The maximum absolute atomic E-state index is 13.2. The Morgan fingerprint density at radius 1 is 1.21 bits per heavy atom. The molecule has 0 radical (unpaired) electrons. The minimum absolute atomic E-state index is 0.0106. The lowest BCUT2D eigenvalue weighted by molar-refractivity contribution is -0.154. The average Bonchev–Trinajstić information content (AvgIpc) is 2.85. The van der Waals surface area contributed by atoms with Crippen LogP contribution in [0.2, 0.25) is 0 Å². The fourth-order valence-corrected chi connectivity index (χ4v) is 6.67. The number of aliphatic hydroxyl groups is 1. The Morgan fingerprint density at radius 2 is 1.88 bits per heavy atom. The molecule has 1 aromatic carbocycles. The predicted molar refractivity (Wildman–Crippen MR) is 129 cm³/mol. The average molecular weight is 473 g/mol. The van der Waals surface area contributed by atoms with Crippen LogP contribution >= 0.6 is 0 Å². The summed E-state index contributed by atoms with van der Waals surface area (Å²) in [6.07, 6.45) is 3.16. The Kier molecular flexibility index (Phi) is 7.83. The summed E-state index contributed by atoms with van der Waals surface area (Å²) in [6, 6.07) is 9.32. The van der Waals surface area contributed by atoms with Gasteiger partial charge in [0.15, 0.2) is 6.61 Å². The van der Waals surface area contributed by atoms with Gasteiger partial charge >= 0.3 is 0 Å². The molecule has 34 heavy (non-hydrogen) atoms. The zero-order chi connectivity index (χ0) is 24.3. The van der Waals surface area contributed by atoms with Gasteiger partial charge in [-0.15, -0.1) is 0 Å². The molecular formula is C27H40N2O5. The number of aliphatic hydroxyl groups excluding tert-OH is 1. The van der Waals surface area contributed by atoms with Crippen molar-refractivity contribution in [3.63, 3.8) is 0 Å². The first kappa shape index (κ1) is 25.0. The van der Waals surface area contributed by atoms with Crippen molar-refractivity contribution < 1.29 is 24.2 Å². The monoisotopic (exact) mass is 472 g/mol. The molecule has 1 aromatic rings. The van der Waals surface area contributed by atoms with Gasteiger partial charge in [-0.3, -0.25) is 9.59 Å². The van der Waals surface area contributed by atoms with E-state index in [1.54, 1.807) is 0 Å². The minimum atomic E-state index is -0.561. The van der Waals surface area contributed by atoms with E-state index < -0.39 is 6.10 Å². The third-order valence-electron chi connectivity index (χ3n) is 8.70. The molecule has 0 spiro atoms. The molecule has 2 N–H and O–H groups in total. The molecule has 4 rings (SSSR count). The zero-order valence-corrected chi connectivity index (χ0v) is 20.7. The molecule has 1 heterocycles. The molecule has 3 aliphatic rings.